The quantitative estimate of drug-likeness (QED) is 0.216. The number of hydrogen-bond acceptors (Lipinski definition) is 5. The smallest absolute Gasteiger partial charge is 0.423 e. The van der Waals surface area contributed by atoms with Gasteiger partial charge in [0.05, 0.1) is 26.4 Å². The SMILES string of the molecule is CC#CC(F)(F)OCCOC(=O)NCCOCCOCCCCCCC1CCCCCCC1. The Kier molecular flexibility index (Phi) is 17.9. The lowest BCUT2D eigenvalue weighted by Crippen LogP contribution is -2.30. The molecule has 1 aliphatic carbocycles. The predicted octanol–water partition coefficient (Wildman–Crippen LogP) is 5.69. The van der Waals surface area contributed by atoms with Crippen molar-refractivity contribution in [2.24, 2.45) is 5.92 Å². The minimum Gasteiger partial charge on any atom is -0.447 e. The molecular formula is C25H43F2NO5. The molecule has 1 amide bonds. The van der Waals surface area contributed by atoms with Crippen LogP contribution in [0.5, 0.6) is 0 Å². The molecule has 1 rings (SSSR count). The molecule has 0 spiro atoms. The van der Waals surface area contributed by atoms with Gasteiger partial charge in [-0.25, -0.2) is 4.79 Å². The fourth-order valence-corrected chi connectivity index (χ4v) is 3.90. The number of alkyl carbamates (subject to hydrolysis) is 1. The highest BCUT2D eigenvalue weighted by Crippen LogP contribution is 2.26. The van der Waals surface area contributed by atoms with Crippen LogP contribution in [0.2, 0.25) is 0 Å². The van der Waals surface area contributed by atoms with Crippen molar-refractivity contribution in [2.75, 3.05) is 46.2 Å². The highest BCUT2D eigenvalue weighted by Gasteiger charge is 2.26. The van der Waals surface area contributed by atoms with Crippen LogP contribution in [-0.4, -0.2) is 58.4 Å². The molecule has 0 atom stereocenters. The molecule has 0 heterocycles. The van der Waals surface area contributed by atoms with E-state index in [1.165, 1.54) is 77.6 Å². The van der Waals surface area contributed by atoms with E-state index < -0.39 is 18.8 Å². The molecule has 0 saturated heterocycles. The number of hydrogen-bond donors (Lipinski definition) is 1. The van der Waals surface area contributed by atoms with Gasteiger partial charge in [-0.3, -0.25) is 0 Å². The number of rotatable bonds is 17. The van der Waals surface area contributed by atoms with Crippen LogP contribution in [0, 0.1) is 17.8 Å². The second-order valence-corrected chi connectivity index (χ2v) is 8.44. The summed E-state index contributed by atoms with van der Waals surface area (Å²) in [5.41, 5.74) is 0. The van der Waals surface area contributed by atoms with Gasteiger partial charge in [-0.1, -0.05) is 76.5 Å². The number of unbranched alkanes of at least 4 members (excludes halogenated alkanes) is 3. The van der Waals surface area contributed by atoms with E-state index >= 15 is 0 Å². The van der Waals surface area contributed by atoms with Crippen LogP contribution < -0.4 is 5.32 Å². The van der Waals surface area contributed by atoms with Gasteiger partial charge in [0.2, 0.25) is 0 Å². The van der Waals surface area contributed by atoms with Gasteiger partial charge in [0.15, 0.2) is 0 Å². The van der Waals surface area contributed by atoms with Crippen LogP contribution >= 0.6 is 0 Å². The second-order valence-electron chi connectivity index (χ2n) is 8.44. The summed E-state index contributed by atoms with van der Waals surface area (Å²) >= 11 is 0. The van der Waals surface area contributed by atoms with Crippen molar-refractivity contribution < 1.29 is 32.5 Å². The zero-order valence-electron chi connectivity index (χ0n) is 20.3. The molecule has 0 aromatic rings. The number of amides is 1. The number of carbonyl (C=O) groups excluding carboxylic acids is 1. The summed E-state index contributed by atoms with van der Waals surface area (Å²) in [5, 5.41) is 2.47. The van der Waals surface area contributed by atoms with E-state index in [1.807, 2.05) is 0 Å². The summed E-state index contributed by atoms with van der Waals surface area (Å²) in [6.45, 7) is 2.88. The lowest BCUT2D eigenvalue weighted by molar-refractivity contribution is -0.196. The van der Waals surface area contributed by atoms with Crippen molar-refractivity contribution in [3.05, 3.63) is 0 Å². The number of nitrogens with one attached hydrogen (secondary N) is 1. The zero-order chi connectivity index (χ0) is 24.0. The van der Waals surface area contributed by atoms with Crippen LogP contribution in [0.4, 0.5) is 13.6 Å². The summed E-state index contributed by atoms with van der Waals surface area (Å²) in [6.07, 6.45) is 12.1. The van der Waals surface area contributed by atoms with Crippen LogP contribution in [0.1, 0.15) is 84.0 Å². The molecule has 192 valence electrons. The third-order valence-electron chi connectivity index (χ3n) is 5.63. The summed E-state index contributed by atoms with van der Waals surface area (Å²) < 4.78 is 45.7. The molecule has 0 aromatic heterocycles. The Bertz CT molecular complexity index is 543. The molecule has 0 aromatic carbocycles. The van der Waals surface area contributed by atoms with Gasteiger partial charge in [-0.15, -0.1) is 0 Å². The molecule has 1 aliphatic rings. The molecule has 1 N–H and O–H groups in total. The van der Waals surface area contributed by atoms with Gasteiger partial charge in [-0.2, -0.15) is 8.78 Å². The molecule has 8 heteroatoms. The fraction of sp³-hybridized carbons (Fsp3) is 0.880. The molecule has 33 heavy (non-hydrogen) atoms. The average Bonchev–Trinajstić information content (AvgIpc) is 2.75. The first-order chi connectivity index (χ1) is 16.0. The Morgan fingerprint density at radius 3 is 2.27 bits per heavy atom. The molecule has 1 fully saturated rings. The minimum atomic E-state index is -3.53. The van der Waals surface area contributed by atoms with Gasteiger partial charge >= 0.3 is 12.2 Å². The van der Waals surface area contributed by atoms with E-state index in [2.05, 4.69) is 16.0 Å². The monoisotopic (exact) mass is 475 g/mol. The molecule has 1 saturated carbocycles. The molecule has 0 unspecified atom stereocenters. The largest absolute Gasteiger partial charge is 0.447 e. The van der Waals surface area contributed by atoms with Crippen LogP contribution in [-0.2, 0) is 18.9 Å². The van der Waals surface area contributed by atoms with Crippen molar-refractivity contribution in [3.8, 4) is 11.8 Å². The lowest BCUT2D eigenvalue weighted by atomic mass is 9.87. The Balaban J connectivity index is 1.80. The van der Waals surface area contributed by atoms with Crippen molar-refractivity contribution in [1.29, 1.82) is 0 Å². The molecule has 0 bridgehead atoms. The summed E-state index contributed by atoms with van der Waals surface area (Å²) in [5.74, 6) is 4.64. The summed E-state index contributed by atoms with van der Waals surface area (Å²) in [4.78, 5) is 11.4. The Morgan fingerprint density at radius 1 is 0.879 bits per heavy atom. The van der Waals surface area contributed by atoms with Crippen molar-refractivity contribution in [3.63, 3.8) is 0 Å². The maximum Gasteiger partial charge on any atom is 0.423 e. The normalized spacial score (nSPS) is 15.2. The highest BCUT2D eigenvalue weighted by molar-refractivity contribution is 5.66. The third-order valence-corrected chi connectivity index (χ3v) is 5.63. The third kappa shape index (κ3) is 18.7. The second kappa shape index (κ2) is 20.0. The van der Waals surface area contributed by atoms with Crippen molar-refractivity contribution >= 4 is 6.09 Å². The maximum absolute atomic E-state index is 12.9. The Hall–Kier alpha value is -1.43. The average molecular weight is 476 g/mol. The summed E-state index contributed by atoms with van der Waals surface area (Å²) in [6, 6.07) is 0. The van der Waals surface area contributed by atoms with E-state index in [4.69, 9.17) is 14.2 Å². The van der Waals surface area contributed by atoms with E-state index in [9.17, 15) is 13.6 Å². The van der Waals surface area contributed by atoms with Crippen LogP contribution in [0.15, 0.2) is 0 Å². The highest BCUT2D eigenvalue weighted by atomic mass is 19.3. The van der Waals surface area contributed by atoms with Gasteiger partial charge in [0, 0.05) is 19.1 Å². The van der Waals surface area contributed by atoms with Crippen molar-refractivity contribution in [2.45, 2.75) is 90.1 Å². The molecule has 0 radical (unpaired) electrons. The topological polar surface area (TPSA) is 66.0 Å². The molecular weight excluding hydrogens is 432 g/mol. The van der Waals surface area contributed by atoms with Gasteiger partial charge in [-0.05, 0) is 19.3 Å². The predicted molar refractivity (Wildman–Crippen MR) is 124 cm³/mol. The van der Waals surface area contributed by atoms with Crippen molar-refractivity contribution in [1.82, 2.24) is 5.32 Å². The number of alkyl halides is 2. The molecule has 0 aliphatic heterocycles. The molecule has 6 nitrogen and oxygen atoms in total. The van der Waals surface area contributed by atoms with Crippen LogP contribution in [0.3, 0.4) is 0 Å². The number of carbonyl (C=O) groups is 1. The van der Waals surface area contributed by atoms with E-state index in [1.54, 1.807) is 5.92 Å². The van der Waals surface area contributed by atoms with Crippen LogP contribution in [0.25, 0.3) is 0 Å². The Morgan fingerprint density at radius 2 is 1.55 bits per heavy atom. The minimum absolute atomic E-state index is 0.262. The summed E-state index contributed by atoms with van der Waals surface area (Å²) in [7, 11) is 0. The number of ether oxygens (including phenoxy) is 4. The first-order valence-electron chi connectivity index (χ1n) is 12.6. The lowest BCUT2D eigenvalue weighted by Gasteiger charge is -2.19. The van der Waals surface area contributed by atoms with E-state index in [0.29, 0.717) is 19.8 Å². The first kappa shape index (κ1) is 29.6. The first-order valence-corrected chi connectivity index (χ1v) is 12.6. The van der Waals surface area contributed by atoms with E-state index in [0.717, 1.165) is 18.9 Å². The van der Waals surface area contributed by atoms with E-state index in [-0.39, 0.29) is 13.2 Å². The Labute approximate surface area is 198 Å². The van der Waals surface area contributed by atoms with Gasteiger partial charge in [0.1, 0.15) is 6.61 Å². The standard InChI is InChI=1S/C25H43F2NO5/c1-2-15-25(26,27)33-22-21-32-24(29)28-16-18-31-20-19-30-17-11-7-6-10-14-23-12-8-4-3-5-9-13-23/h23H,3-14,16-22H2,1H3,(H,28,29). The van der Waals surface area contributed by atoms with Gasteiger partial charge < -0.3 is 24.3 Å². The fourth-order valence-electron chi connectivity index (χ4n) is 3.90. The maximum atomic E-state index is 12.9. The van der Waals surface area contributed by atoms with Gasteiger partial charge in [0.25, 0.3) is 0 Å². The number of halogens is 2. The zero-order valence-corrected chi connectivity index (χ0v) is 20.3.